The first-order valence-electron chi connectivity index (χ1n) is 10.9. The van der Waals surface area contributed by atoms with Crippen molar-refractivity contribution in [2.75, 3.05) is 30.7 Å². The summed E-state index contributed by atoms with van der Waals surface area (Å²) in [6, 6.07) is 9.33. The Morgan fingerprint density at radius 1 is 1.06 bits per heavy atom. The zero-order valence-corrected chi connectivity index (χ0v) is 19.9. The Kier molecular flexibility index (Phi) is 6.89. The van der Waals surface area contributed by atoms with Crippen molar-refractivity contribution in [1.29, 1.82) is 0 Å². The second-order valence-electron chi connectivity index (χ2n) is 8.29. The van der Waals surface area contributed by atoms with Gasteiger partial charge in [-0.05, 0) is 50.9 Å². The lowest BCUT2D eigenvalue weighted by atomic mass is 10.1. The van der Waals surface area contributed by atoms with E-state index in [4.69, 9.17) is 9.97 Å². The van der Waals surface area contributed by atoms with Crippen molar-refractivity contribution in [1.82, 2.24) is 14.9 Å². The van der Waals surface area contributed by atoms with Crippen LogP contribution in [0.5, 0.6) is 0 Å². The molecular weight excluding hydrogens is 428 g/mol. The van der Waals surface area contributed by atoms with Gasteiger partial charge in [0, 0.05) is 11.4 Å². The van der Waals surface area contributed by atoms with Crippen molar-refractivity contribution in [2.24, 2.45) is 0 Å². The predicted octanol–water partition coefficient (Wildman–Crippen LogP) is 4.32. The van der Waals surface area contributed by atoms with Gasteiger partial charge in [-0.25, -0.2) is 18.4 Å². The Morgan fingerprint density at radius 3 is 2.55 bits per heavy atom. The quantitative estimate of drug-likeness (QED) is 0.542. The van der Waals surface area contributed by atoms with Crippen LogP contribution in [0.2, 0.25) is 0 Å². The van der Waals surface area contributed by atoms with Gasteiger partial charge in [-0.2, -0.15) is 0 Å². The number of fused-ring (bicyclic) bond motifs is 1. The molecule has 1 aromatic carbocycles. The van der Waals surface area contributed by atoms with E-state index in [1.54, 1.807) is 11.3 Å². The lowest BCUT2D eigenvalue weighted by Crippen LogP contribution is -2.30. The molecule has 8 heteroatoms. The molecule has 4 rings (SSSR count). The second kappa shape index (κ2) is 9.63. The summed E-state index contributed by atoms with van der Waals surface area (Å²) in [6.07, 6.45) is 3.75. The molecule has 3 aromatic rings. The molecule has 0 bridgehead atoms. The Bertz CT molecular complexity index is 1140. The van der Waals surface area contributed by atoms with Crippen LogP contribution in [-0.2, 0) is 22.1 Å². The molecule has 0 spiro atoms. The van der Waals surface area contributed by atoms with E-state index >= 15 is 0 Å². The first-order chi connectivity index (χ1) is 14.9. The van der Waals surface area contributed by atoms with Gasteiger partial charge in [0.25, 0.3) is 0 Å². The van der Waals surface area contributed by atoms with E-state index in [-0.39, 0.29) is 11.5 Å². The second-order valence-corrected chi connectivity index (χ2v) is 11.7. The molecule has 31 heavy (non-hydrogen) atoms. The first-order valence-corrected chi connectivity index (χ1v) is 13.5. The van der Waals surface area contributed by atoms with Gasteiger partial charge in [-0.1, -0.05) is 36.8 Å². The average molecular weight is 459 g/mol. The standard InChI is InChI=1S/C23H30N4O2S2/c1-17-18(2)30-23-21(17)22(25-20(26-23)15-27-12-7-4-8-13-27)24-11-14-31(28,29)16-19-9-5-3-6-10-19/h3,5-6,9-10H,4,7-8,11-16H2,1-2H3,(H,24,25,26). The van der Waals surface area contributed by atoms with Gasteiger partial charge in [0.1, 0.15) is 16.5 Å². The number of nitrogens with zero attached hydrogens (tertiary/aromatic N) is 3. The Labute approximate surface area is 188 Å². The number of thiophene rings is 1. The van der Waals surface area contributed by atoms with Crippen molar-refractivity contribution in [3.05, 3.63) is 52.2 Å². The fourth-order valence-electron chi connectivity index (χ4n) is 4.04. The highest BCUT2D eigenvalue weighted by atomic mass is 32.2. The topological polar surface area (TPSA) is 75.2 Å². The molecule has 0 aliphatic carbocycles. The number of likely N-dealkylation sites (tertiary alicyclic amines) is 1. The lowest BCUT2D eigenvalue weighted by Gasteiger charge is -2.25. The smallest absolute Gasteiger partial charge is 0.156 e. The normalized spacial score (nSPS) is 15.4. The first kappa shape index (κ1) is 22.2. The number of piperidine rings is 1. The molecule has 0 amide bonds. The third-order valence-electron chi connectivity index (χ3n) is 5.82. The van der Waals surface area contributed by atoms with E-state index < -0.39 is 9.84 Å². The summed E-state index contributed by atoms with van der Waals surface area (Å²) in [4.78, 5) is 14.3. The van der Waals surface area contributed by atoms with Crippen molar-refractivity contribution in [2.45, 2.75) is 45.4 Å². The molecule has 0 unspecified atom stereocenters. The fourth-order valence-corrected chi connectivity index (χ4v) is 6.34. The number of aromatic nitrogens is 2. The number of benzene rings is 1. The molecule has 1 saturated heterocycles. The van der Waals surface area contributed by atoms with Crippen LogP contribution >= 0.6 is 11.3 Å². The van der Waals surface area contributed by atoms with Gasteiger partial charge in [0.2, 0.25) is 0 Å². The predicted molar refractivity (Wildman–Crippen MR) is 128 cm³/mol. The molecule has 1 fully saturated rings. The van der Waals surface area contributed by atoms with Crippen LogP contribution in [0.25, 0.3) is 10.2 Å². The summed E-state index contributed by atoms with van der Waals surface area (Å²) in [7, 11) is -3.21. The maximum Gasteiger partial charge on any atom is 0.156 e. The highest BCUT2D eigenvalue weighted by Gasteiger charge is 2.18. The monoisotopic (exact) mass is 458 g/mol. The van der Waals surface area contributed by atoms with Crippen LogP contribution in [0.15, 0.2) is 30.3 Å². The highest BCUT2D eigenvalue weighted by molar-refractivity contribution is 7.90. The van der Waals surface area contributed by atoms with Crippen LogP contribution in [0.1, 0.15) is 41.1 Å². The molecule has 0 saturated carbocycles. The number of rotatable bonds is 8. The zero-order valence-electron chi connectivity index (χ0n) is 18.2. The number of hydrogen-bond donors (Lipinski definition) is 1. The van der Waals surface area contributed by atoms with Gasteiger partial charge in [-0.15, -0.1) is 11.3 Å². The van der Waals surface area contributed by atoms with Crippen LogP contribution in [0.3, 0.4) is 0 Å². The molecule has 166 valence electrons. The molecule has 2 aromatic heterocycles. The summed E-state index contributed by atoms with van der Waals surface area (Å²) in [6.45, 7) is 7.43. The fraction of sp³-hybridized carbons (Fsp3) is 0.478. The highest BCUT2D eigenvalue weighted by Crippen LogP contribution is 2.33. The van der Waals surface area contributed by atoms with E-state index in [2.05, 4.69) is 24.1 Å². The number of nitrogens with one attached hydrogen (secondary N) is 1. The average Bonchev–Trinajstić information content (AvgIpc) is 3.02. The largest absolute Gasteiger partial charge is 0.368 e. The van der Waals surface area contributed by atoms with Crippen molar-refractivity contribution in [3.63, 3.8) is 0 Å². The summed E-state index contributed by atoms with van der Waals surface area (Å²) >= 11 is 1.68. The molecule has 0 atom stereocenters. The minimum atomic E-state index is -3.21. The summed E-state index contributed by atoms with van der Waals surface area (Å²) in [5.74, 6) is 1.70. The minimum absolute atomic E-state index is 0.0610. The molecule has 1 aliphatic rings. The lowest BCUT2D eigenvalue weighted by molar-refractivity contribution is 0.216. The maximum absolute atomic E-state index is 12.6. The van der Waals surface area contributed by atoms with Crippen LogP contribution < -0.4 is 5.32 Å². The number of anilines is 1. The van der Waals surface area contributed by atoms with E-state index in [0.29, 0.717) is 6.54 Å². The third-order valence-corrected chi connectivity index (χ3v) is 8.52. The molecule has 6 nitrogen and oxygen atoms in total. The van der Waals surface area contributed by atoms with E-state index in [9.17, 15) is 8.42 Å². The van der Waals surface area contributed by atoms with Gasteiger partial charge < -0.3 is 5.32 Å². The van der Waals surface area contributed by atoms with E-state index in [1.165, 1.54) is 29.7 Å². The van der Waals surface area contributed by atoms with Crippen LogP contribution in [0.4, 0.5) is 5.82 Å². The molecular formula is C23H30N4O2S2. The van der Waals surface area contributed by atoms with E-state index in [0.717, 1.165) is 47.1 Å². The van der Waals surface area contributed by atoms with Crippen molar-refractivity contribution >= 4 is 37.2 Å². The van der Waals surface area contributed by atoms with Crippen LogP contribution in [0, 0.1) is 13.8 Å². The van der Waals surface area contributed by atoms with Crippen LogP contribution in [-0.4, -0.2) is 48.7 Å². The Hall–Kier alpha value is -2.03. The Morgan fingerprint density at radius 2 is 1.81 bits per heavy atom. The summed E-state index contributed by atoms with van der Waals surface area (Å²) in [5, 5.41) is 4.34. The van der Waals surface area contributed by atoms with E-state index in [1.807, 2.05) is 30.3 Å². The molecule has 0 radical (unpaired) electrons. The maximum atomic E-state index is 12.6. The van der Waals surface area contributed by atoms with Crippen molar-refractivity contribution < 1.29 is 8.42 Å². The molecule has 1 aliphatic heterocycles. The number of aryl methyl sites for hydroxylation is 2. The SMILES string of the molecule is Cc1sc2nc(CN3CCCCC3)nc(NCCS(=O)(=O)Cc3ccccc3)c2c1C. The number of sulfone groups is 1. The van der Waals surface area contributed by atoms with Crippen molar-refractivity contribution in [3.8, 4) is 0 Å². The third kappa shape index (κ3) is 5.61. The molecule has 3 heterocycles. The summed E-state index contributed by atoms with van der Waals surface area (Å²) < 4.78 is 25.2. The minimum Gasteiger partial charge on any atom is -0.368 e. The number of hydrogen-bond acceptors (Lipinski definition) is 7. The van der Waals surface area contributed by atoms with Gasteiger partial charge in [0.15, 0.2) is 9.84 Å². The van der Waals surface area contributed by atoms with Gasteiger partial charge in [-0.3, -0.25) is 4.90 Å². The zero-order chi connectivity index (χ0) is 21.8. The summed E-state index contributed by atoms with van der Waals surface area (Å²) in [5.41, 5.74) is 1.99. The van der Waals surface area contributed by atoms with Gasteiger partial charge in [0.05, 0.1) is 23.4 Å². The Balaban J connectivity index is 1.50. The van der Waals surface area contributed by atoms with Gasteiger partial charge >= 0.3 is 0 Å². The molecule has 1 N–H and O–H groups in total.